The molecule has 100 valence electrons. The van der Waals surface area contributed by atoms with E-state index in [-0.39, 0.29) is 5.54 Å². The van der Waals surface area contributed by atoms with Gasteiger partial charge in [-0.25, -0.2) is 4.79 Å². The number of fused-ring (bicyclic) bond motifs is 3. The average Bonchev–Trinajstić information content (AvgIpc) is 2.66. The zero-order chi connectivity index (χ0) is 13.6. The molecule has 1 atom stereocenters. The van der Waals surface area contributed by atoms with Crippen LogP contribution in [-0.4, -0.2) is 21.7 Å². The van der Waals surface area contributed by atoms with E-state index in [4.69, 9.17) is 5.11 Å². The quantitative estimate of drug-likeness (QED) is 0.736. The Kier molecular flexibility index (Phi) is 2.55. The second kappa shape index (κ2) is 4.02. The van der Waals surface area contributed by atoms with Gasteiger partial charge in [0.15, 0.2) is 0 Å². The normalized spacial score (nSPS) is 22.2. The molecule has 0 aliphatic heterocycles. The lowest BCUT2D eigenvalue weighted by atomic mass is 9.81. The number of aromatic nitrogens is 1. The average molecular weight is 258 g/mol. The van der Waals surface area contributed by atoms with E-state index in [0.717, 1.165) is 24.8 Å². The lowest BCUT2D eigenvalue weighted by molar-refractivity contribution is 0.176. The van der Waals surface area contributed by atoms with E-state index < -0.39 is 6.09 Å². The highest BCUT2D eigenvalue weighted by Crippen LogP contribution is 2.35. The van der Waals surface area contributed by atoms with Crippen molar-refractivity contribution in [2.75, 3.05) is 0 Å². The Balaban J connectivity index is 2.09. The van der Waals surface area contributed by atoms with Crippen molar-refractivity contribution in [3.05, 3.63) is 35.0 Å². The third-order valence-corrected chi connectivity index (χ3v) is 4.13. The van der Waals surface area contributed by atoms with Gasteiger partial charge >= 0.3 is 6.09 Å². The molecule has 1 aromatic heterocycles. The van der Waals surface area contributed by atoms with Crippen molar-refractivity contribution < 1.29 is 9.90 Å². The predicted octanol–water partition coefficient (Wildman–Crippen LogP) is 2.99. The molecular formula is C15H18N2O2. The van der Waals surface area contributed by atoms with E-state index in [1.54, 1.807) is 0 Å². The minimum absolute atomic E-state index is 0.365. The third kappa shape index (κ3) is 1.97. The molecule has 0 saturated heterocycles. The maximum absolute atomic E-state index is 10.9. The summed E-state index contributed by atoms with van der Waals surface area (Å²) in [6.45, 7) is 4.09. The second-order valence-corrected chi connectivity index (χ2v) is 5.75. The highest BCUT2D eigenvalue weighted by molar-refractivity contribution is 5.88. The van der Waals surface area contributed by atoms with Gasteiger partial charge in [0.1, 0.15) is 0 Å². The topological polar surface area (TPSA) is 65.1 Å². The smallest absolute Gasteiger partial charge is 0.405 e. The molecule has 4 heteroatoms. The standard InChI is InChI=1S/C15H18N2O2/c1-9-4-3-5-12-13(9)10-8-15(2,17-14(18)19)7-6-11(10)16-12/h3-5,16-17H,6-8H2,1-2H3,(H,18,19). The summed E-state index contributed by atoms with van der Waals surface area (Å²) in [6.07, 6.45) is 1.53. The fourth-order valence-corrected chi connectivity index (χ4v) is 3.21. The lowest BCUT2D eigenvalue weighted by Crippen LogP contribution is -2.49. The number of amides is 1. The van der Waals surface area contributed by atoms with Crippen molar-refractivity contribution in [3.63, 3.8) is 0 Å². The Labute approximate surface area is 111 Å². The molecule has 1 unspecified atom stereocenters. The Morgan fingerprint density at radius 3 is 3.00 bits per heavy atom. The monoisotopic (exact) mass is 258 g/mol. The van der Waals surface area contributed by atoms with Gasteiger partial charge in [0.2, 0.25) is 0 Å². The van der Waals surface area contributed by atoms with Crippen LogP contribution in [0.3, 0.4) is 0 Å². The van der Waals surface area contributed by atoms with Crippen molar-refractivity contribution in [1.29, 1.82) is 0 Å². The zero-order valence-corrected chi connectivity index (χ0v) is 11.2. The number of nitrogens with one attached hydrogen (secondary N) is 2. The zero-order valence-electron chi connectivity index (χ0n) is 11.2. The highest BCUT2D eigenvalue weighted by atomic mass is 16.4. The number of hydrogen-bond donors (Lipinski definition) is 3. The van der Waals surface area contributed by atoms with E-state index in [1.165, 1.54) is 22.2 Å². The summed E-state index contributed by atoms with van der Waals surface area (Å²) >= 11 is 0. The van der Waals surface area contributed by atoms with E-state index in [2.05, 4.69) is 29.4 Å². The van der Waals surface area contributed by atoms with Crippen LogP contribution in [0.4, 0.5) is 4.79 Å². The molecule has 3 N–H and O–H groups in total. The molecule has 1 aliphatic rings. The van der Waals surface area contributed by atoms with E-state index in [0.29, 0.717) is 0 Å². The van der Waals surface area contributed by atoms with Gasteiger partial charge in [-0.15, -0.1) is 0 Å². The van der Waals surface area contributed by atoms with Gasteiger partial charge < -0.3 is 15.4 Å². The minimum Gasteiger partial charge on any atom is -0.465 e. The Morgan fingerprint density at radius 2 is 2.26 bits per heavy atom. The van der Waals surface area contributed by atoms with E-state index in [1.807, 2.05) is 13.0 Å². The maximum Gasteiger partial charge on any atom is 0.405 e. The first-order valence-corrected chi connectivity index (χ1v) is 6.59. The summed E-state index contributed by atoms with van der Waals surface area (Å²) in [6, 6.07) is 6.24. The molecule has 0 fully saturated rings. The Hall–Kier alpha value is -1.97. The van der Waals surface area contributed by atoms with Crippen molar-refractivity contribution in [2.45, 2.75) is 38.6 Å². The number of rotatable bonds is 1. The first kappa shape index (κ1) is 12.1. The molecule has 19 heavy (non-hydrogen) atoms. The lowest BCUT2D eigenvalue weighted by Gasteiger charge is -2.33. The molecule has 0 saturated carbocycles. The summed E-state index contributed by atoms with van der Waals surface area (Å²) in [5.41, 5.74) is 4.57. The van der Waals surface area contributed by atoms with E-state index in [9.17, 15) is 4.79 Å². The predicted molar refractivity (Wildman–Crippen MR) is 74.6 cm³/mol. The molecule has 1 aliphatic carbocycles. The van der Waals surface area contributed by atoms with Gasteiger partial charge in [-0.3, -0.25) is 0 Å². The molecular weight excluding hydrogens is 240 g/mol. The number of hydrogen-bond acceptors (Lipinski definition) is 1. The van der Waals surface area contributed by atoms with Crippen LogP contribution in [0, 0.1) is 6.92 Å². The molecule has 0 bridgehead atoms. The molecule has 2 aromatic rings. The molecule has 0 spiro atoms. The first-order valence-electron chi connectivity index (χ1n) is 6.59. The molecule has 4 nitrogen and oxygen atoms in total. The van der Waals surface area contributed by atoms with Gasteiger partial charge in [0.25, 0.3) is 0 Å². The largest absolute Gasteiger partial charge is 0.465 e. The van der Waals surface area contributed by atoms with Crippen LogP contribution < -0.4 is 5.32 Å². The van der Waals surface area contributed by atoms with Crippen molar-refractivity contribution in [1.82, 2.24) is 10.3 Å². The van der Waals surface area contributed by atoms with Crippen molar-refractivity contribution in [2.24, 2.45) is 0 Å². The number of aryl methyl sites for hydroxylation is 2. The molecule has 1 amide bonds. The van der Waals surface area contributed by atoms with Gasteiger partial charge in [-0.2, -0.15) is 0 Å². The van der Waals surface area contributed by atoms with Crippen LogP contribution in [0.15, 0.2) is 18.2 Å². The van der Waals surface area contributed by atoms with Crippen LogP contribution in [0.5, 0.6) is 0 Å². The minimum atomic E-state index is -0.942. The number of carbonyl (C=O) groups is 1. The van der Waals surface area contributed by atoms with Gasteiger partial charge in [-0.05, 0) is 50.3 Å². The fraction of sp³-hybridized carbons (Fsp3) is 0.400. The summed E-state index contributed by atoms with van der Waals surface area (Å²) in [5.74, 6) is 0. The second-order valence-electron chi connectivity index (χ2n) is 5.75. The number of carboxylic acid groups (broad SMARTS) is 1. The van der Waals surface area contributed by atoms with E-state index >= 15 is 0 Å². The van der Waals surface area contributed by atoms with Crippen molar-refractivity contribution >= 4 is 17.0 Å². The molecule has 1 heterocycles. The first-order chi connectivity index (χ1) is 8.98. The van der Waals surface area contributed by atoms with Gasteiger partial charge in [0, 0.05) is 22.1 Å². The third-order valence-electron chi connectivity index (χ3n) is 4.13. The Morgan fingerprint density at radius 1 is 1.47 bits per heavy atom. The van der Waals surface area contributed by atoms with Crippen LogP contribution >= 0.6 is 0 Å². The van der Waals surface area contributed by atoms with Crippen LogP contribution in [0.2, 0.25) is 0 Å². The fourth-order valence-electron chi connectivity index (χ4n) is 3.21. The maximum atomic E-state index is 10.9. The highest BCUT2D eigenvalue weighted by Gasteiger charge is 2.33. The molecule has 1 aromatic carbocycles. The SMILES string of the molecule is Cc1cccc2[nH]c3c(c12)CC(C)(NC(=O)O)CC3. The Bertz CT molecular complexity index is 659. The number of H-pyrrole nitrogens is 1. The van der Waals surface area contributed by atoms with Gasteiger partial charge in [-0.1, -0.05) is 12.1 Å². The molecule has 3 rings (SSSR count). The van der Waals surface area contributed by atoms with Gasteiger partial charge in [0.05, 0.1) is 0 Å². The number of benzene rings is 1. The summed E-state index contributed by atoms with van der Waals surface area (Å²) in [4.78, 5) is 14.4. The summed E-state index contributed by atoms with van der Waals surface area (Å²) < 4.78 is 0. The summed E-state index contributed by atoms with van der Waals surface area (Å²) in [5, 5.41) is 12.9. The number of aromatic amines is 1. The van der Waals surface area contributed by atoms with Crippen molar-refractivity contribution in [3.8, 4) is 0 Å². The molecule has 0 radical (unpaired) electrons. The summed E-state index contributed by atoms with van der Waals surface area (Å²) in [7, 11) is 0. The van der Waals surface area contributed by atoms with Crippen LogP contribution in [0.25, 0.3) is 10.9 Å². The van der Waals surface area contributed by atoms with Crippen LogP contribution in [-0.2, 0) is 12.8 Å². The van der Waals surface area contributed by atoms with Crippen LogP contribution in [0.1, 0.15) is 30.2 Å².